The molecular weight excluding hydrogens is 334 g/mol. The smallest absolute Gasteiger partial charge is 0.255 e. The maximum atomic E-state index is 12.5. The summed E-state index contributed by atoms with van der Waals surface area (Å²) in [5.74, 6) is 0.369. The molecule has 0 radical (unpaired) electrons. The SMILES string of the molecule is CC(C)Oc1cccc(C(=O)Nc2c(Cl)ccc3nsnc23)c1. The van der Waals surface area contributed by atoms with Crippen LogP contribution in [0.15, 0.2) is 36.4 Å². The van der Waals surface area contributed by atoms with Crippen molar-refractivity contribution in [3.8, 4) is 5.75 Å². The summed E-state index contributed by atoms with van der Waals surface area (Å²) in [5, 5.41) is 3.24. The molecule has 0 aliphatic rings. The van der Waals surface area contributed by atoms with E-state index in [0.29, 0.717) is 33.1 Å². The lowest BCUT2D eigenvalue weighted by Gasteiger charge is -2.11. The van der Waals surface area contributed by atoms with E-state index in [4.69, 9.17) is 16.3 Å². The Morgan fingerprint density at radius 1 is 1.26 bits per heavy atom. The number of hydrogen-bond donors (Lipinski definition) is 1. The molecule has 0 unspecified atom stereocenters. The van der Waals surface area contributed by atoms with Gasteiger partial charge in [-0.25, -0.2) is 0 Å². The van der Waals surface area contributed by atoms with Gasteiger partial charge in [-0.2, -0.15) is 8.75 Å². The molecule has 3 rings (SSSR count). The predicted octanol–water partition coefficient (Wildman–Crippen LogP) is 4.38. The highest BCUT2D eigenvalue weighted by atomic mass is 35.5. The minimum atomic E-state index is -0.276. The van der Waals surface area contributed by atoms with Crippen molar-refractivity contribution in [2.45, 2.75) is 20.0 Å². The molecule has 2 aromatic carbocycles. The van der Waals surface area contributed by atoms with Crippen molar-refractivity contribution in [3.05, 3.63) is 47.0 Å². The Morgan fingerprint density at radius 2 is 2.09 bits per heavy atom. The fraction of sp³-hybridized carbons (Fsp3) is 0.188. The predicted molar refractivity (Wildman–Crippen MR) is 92.6 cm³/mol. The molecule has 118 valence electrons. The van der Waals surface area contributed by atoms with Gasteiger partial charge in [0.05, 0.1) is 28.5 Å². The van der Waals surface area contributed by atoms with Crippen molar-refractivity contribution >= 4 is 46.0 Å². The summed E-state index contributed by atoms with van der Waals surface area (Å²) in [6, 6.07) is 10.5. The first-order valence-electron chi connectivity index (χ1n) is 7.03. The number of anilines is 1. The lowest BCUT2D eigenvalue weighted by atomic mass is 10.2. The van der Waals surface area contributed by atoms with E-state index in [2.05, 4.69) is 14.1 Å². The Hall–Kier alpha value is -2.18. The number of halogens is 1. The van der Waals surface area contributed by atoms with Gasteiger partial charge >= 0.3 is 0 Å². The second-order valence-corrected chi connectivity index (χ2v) is 6.14. The van der Waals surface area contributed by atoms with Crippen molar-refractivity contribution < 1.29 is 9.53 Å². The summed E-state index contributed by atoms with van der Waals surface area (Å²) in [7, 11) is 0. The summed E-state index contributed by atoms with van der Waals surface area (Å²) in [5.41, 5.74) is 2.24. The van der Waals surface area contributed by atoms with Crippen molar-refractivity contribution in [1.82, 2.24) is 8.75 Å². The number of ether oxygens (including phenoxy) is 1. The molecule has 23 heavy (non-hydrogen) atoms. The van der Waals surface area contributed by atoms with Gasteiger partial charge in [-0.1, -0.05) is 17.7 Å². The summed E-state index contributed by atoms with van der Waals surface area (Å²) in [6.45, 7) is 3.87. The number of aromatic nitrogens is 2. The highest BCUT2D eigenvalue weighted by molar-refractivity contribution is 7.00. The molecule has 1 aromatic heterocycles. The molecule has 1 amide bonds. The third-order valence-electron chi connectivity index (χ3n) is 3.08. The van der Waals surface area contributed by atoms with Crippen LogP contribution < -0.4 is 10.1 Å². The molecule has 0 spiro atoms. The van der Waals surface area contributed by atoms with Crippen LogP contribution in [0.3, 0.4) is 0 Å². The van der Waals surface area contributed by atoms with E-state index in [-0.39, 0.29) is 12.0 Å². The second kappa shape index (κ2) is 6.52. The minimum Gasteiger partial charge on any atom is -0.491 e. The number of carbonyl (C=O) groups is 1. The quantitative estimate of drug-likeness (QED) is 0.760. The van der Waals surface area contributed by atoms with Crippen LogP contribution in [0.25, 0.3) is 11.0 Å². The molecule has 0 atom stereocenters. The van der Waals surface area contributed by atoms with E-state index in [0.717, 1.165) is 11.7 Å². The molecule has 0 bridgehead atoms. The third-order valence-corrected chi connectivity index (χ3v) is 3.94. The van der Waals surface area contributed by atoms with Gasteiger partial charge in [-0.3, -0.25) is 4.79 Å². The Kier molecular flexibility index (Phi) is 4.45. The molecule has 1 heterocycles. The van der Waals surface area contributed by atoms with Gasteiger partial charge in [0.15, 0.2) is 0 Å². The molecule has 0 aliphatic heterocycles. The molecule has 0 fully saturated rings. The van der Waals surface area contributed by atoms with Crippen LogP contribution in [0.2, 0.25) is 5.02 Å². The van der Waals surface area contributed by atoms with Gasteiger partial charge in [-0.05, 0) is 44.2 Å². The van der Waals surface area contributed by atoms with Crippen LogP contribution in [0.4, 0.5) is 5.69 Å². The Morgan fingerprint density at radius 3 is 2.87 bits per heavy atom. The van der Waals surface area contributed by atoms with E-state index in [1.807, 2.05) is 19.9 Å². The normalized spacial score (nSPS) is 11.0. The summed E-state index contributed by atoms with van der Waals surface area (Å²) < 4.78 is 13.9. The maximum Gasteiger partial charge on any atom is 0.255 e. The van der Waals surface area contributed by atoms with Crippen molar-refractivity contribution in [2.24, 2.45) is 0 Å². The van der Waals surface area contributed by atoms with Crippen LogP contribution in [0.1, 0.15) is 24.2 Å². The van der Waals surface area contributed by atoms with Crippen molar-refractivity contribution in [2.75, 3.05) is 5.32 Å². The van der Waals surface area contributed by atoms with Gasteiger partial charge in [0, 0.05) is 5.56 Å². The average molecular weight is 348 g/mol. The van der Waals surface area contributed by atoms with E-state index in [9.17, 15) is 4.79 Å². The molecule has 3 aromatic rings. The summed E-state index contributed by atoms with van der Waals surface area (Å²) in [6.07, 6.45) is 0.0394. The second-order valence-electron chi connectivity index (χ2n) is 5.20. The van der Waals surface area contributed by atoms with Crippen LogP contribution in [-0.2, 0) is 0 Å². The van der Waals surface area contributed by atoms with Gasteiger partial charge in [-0.15, -0.1) is 0 Å². The number of rotatable bonds is 4. The van der Waals surface area contributed by atoms with Crippen LogP contribution in [0, 0.1) is 0 Å². The number of hydrogen-bond acceptors (Lipinski definition) is 5. The van der Waals surface area contributed by atoms with Crippen molar-refractivity contribution in [1.29, 1.82) is 0 Å². The lowest BCUT2D eigenvalue weighted by Crippen LogP contribution is -2.13. The molecular formula is C16H14ClN3O2S. The summed E-state index contributed by atoms with van der Waals surface area (Å²) in [4.78, 5) is 12.5. The highest BCUT2D eigenvalue weighted by Gasteiger charge is 2.14. The van der Waals surface area contributed by atoms with Crippen LogP contribution in [0.5, 0.6) is 5.75 Å². The van der Waals surface area contributed by atoms with E-state index >= 15 is 0 Å². The number of amides is 1. The first-order valence-corrected chi connectivity index (χ1v) is 8.14. The van der Waals surface area contributed by atoms with Gasteiger partial charge in [0.2, 0.25) is 0 Å². The van der Waals surface area contributed by atoms with Crippen LogP contribution >= 0.6 is 23.3 Å². The standard InChI is InChI=1S/C16H14ClN3O2S/c1-9(2)22-11-5-3-4-10(8-11)16(21)18-14-12(17)6-7-13-15(14)20-23-19-13/h3-9H,1-2H3,(H,18,21). The monoisotopic (exact) mass is 347 g/mol. The first kappa shape index (κ1) is 15.7. The lowest BCUT2D eigenvalue weighted by molar-refractivity contribution is 0.102. The van der Waals surface area contributed by atoms with Crippen LogP contribution in [-0.4, -0.2) is 20.8 Å². The largest absolute Gasteiger partial charge is 0.491 e. The molecule has 7 heteroatoms. The molecule has 1 N–H and O–H groups in total. The topological polar surface area (TPSA) is 64.1 Å². The van der Waals surface area contributed by atoms with Gasteiger partial charge in [0.1, 0.15) is 16.8 Å². The Balaban J connectivity index is 1.89. The number of benzene rings is 2. The zero-order valence-electron chi connectivity index (χ0n) is 12.5. The molecule has 0 aliphatic carbocycles. The Labute approximate surface area is 142 Å². The number of nitrogens with one attached hydrogen (secondary N) is 1. The molecule has 5 nitrogen and oxygen atoms in total. The maximum absolute atomic E-state index is 12.5. The molecule has 0 saturated heterocycles. The zero-order chi connectivity index (χ0) is 16.4. The third kappa shape index (κ3) is 3.43. The highest BCUT2D eigenvalue weighted by Crippen LogP contribution is 2.30. The van der Waals surface area contributed by atoms with E-state index in [1.54, 1.807) is 30.3 Å². The zero-order valence-corrected chi connectivity index (χ0v) is 14.1. The first-order chi connectivity index (χ1) is 11.0. The van der Waals surface area contributed by atoms with E-state index < -0.39 is 0 Å². The fourth-order valence-electron chi connectivity index (χ4n) is 2.11. The van der Waals surface area contributed by atoms with Gasteiger partial charge < -0.3 is 10.1 Å². The fourth-order valence-corrected chi connectivity index (χ4v) is 2.86. The van der Waals surface area contributed by atoms with Crippen molar-refractivity contribution in [3.63, 3.8) is 0 Å². The van der Waals surface area contributed by atoms with Gasteiger partial charge in [0.25, 0.3) is 5.91 Å². The molecule has 0 saturated carbocycles. The number of carbonyl (C=O) groups excluding carboxylic acids is 1. The summed E-state index contributed by atoms with van der Waals surface area (Å²) >= 11 is 7.27. The Bertz CT molecular complexity index is 863. The number of nitrogens with zero attached hydrogens (tertiary/aromatic N) is 2. The van der Waals surface area contributed by atoms with E-state index in [1.165, 1.54) is 0 Å². The number of fused-ring (bicyclic) bond motifs is 1. The minimum absolute atomic E-state index is 0.0394. The average Bonchev–Trinajstić information content (AvgIpc) is 2.98.